The molecule has 1 N–H and O–H groups in total. The molecular weight excluding hydrogens is 214 g/mol. The van der Waals surface area contributed by atoms with Gasteiger partial charge in [-0.2, -0.15) is 0 Å². The van der Waals surface area contributed by atoms with Crippen LogP contribution in [0.1, 0.15) is 46.5 Å². The van der Waals surface area contributed by atoms with Crippen molar-refractivity contribution in [2.24, 2.45) is 5.92 Å². The van der Waals surface area contributed by atoms with E-state index in [2.05, 4.69) is 17.7 Å². The first-order chi connectivity index (χ1) is 7.97. The molecule has 0 aromatic rings. The predicted molar refractivity (Wildman–Crippen MR) is 70.8 cm³/mol. The predicted octanol–water partition coefficient (Wildman–Crippen LogP) is 2.07. The van der Waals surface area contributed by atoms with Crippen LogP contribution in [0.2, 0.25) is 0 Å². The van der Waals surface area contributed by atoms with Gasteiger partial charge in [0.15, 0.2) is 13.1 Å². The van der Waals surface area contributed by atoms with E-state index in [1.807, 2.05) is 13.8 Å². The largest absolute Gasteiger partial charge is 0.390 e. The lowest BCUT2D eigenvalue weighted by molar-refractivity contribution is -0.546. The maximum atomic E-state index is 9.63. The molecule has 1 fully saturated rings. The van der Waals surface area contributed by atoms with Crippen molar-refractivity contribution in [3.63, 3.8) is 0 Å². The van der Waals surface area contributed by atoms with Gasteiger partial charge in [-0.25, -0.2) is 4.58 Å². The molecule has 1 aliphatic rings. The molecule has 1 rings (SSSR count). The van der Waals surface area contributed by atoms with Gasteiger partial charge in [0.05, 0.1) is 5.60 Å². The zero-order valence-electron chi connectivity index (χ0n) is 11.6. The van der Waals surface area contributed by atoms with Crippen LogP contribution in [0.25, 0.3) is 0 Å². The Morgan fingerprint density at radius 1 is 1.35 bits per heavy atom. The summed E-state index contributed by atoms with van der Waals surface area (Å²) in [6.45, 7) is 9.87. The Balaban J connectivity index is 2.14. The van der Waals surface area contributed by atoms with Gasteiger partial charge in [0.1, 0.15) is 19.4 Å². The van der Waals surface area contributed by atoms with Crippen molar-refractivity contribution >= 4 is 6.21 Å². The van der Waals surface area contributed by atoms with Gasteiger partial charge in [0, 0.05) is 6.42 Å². The highest BCUT2D eigenvalue weighted by Crippen LogP contribution is 2.17. The van der Waals surface area contributed by atoms with Gasteiger partial charge in [-0.05, 0) is 26.2 Å². The van der Waals surface area contributed by atoms with Gasteiger partial charge in [-0.15, -0.1) is 0 Å². The lowest BCUT2D eigenvalue weighted by Crippen LogP contribution is -2.29. The third-order valence-electron chi connectivity index (χ3n) is 3.30. The Morgan fingerprint density at radius 3 is 2.59 bits per heavy atom. The minimum atomic E-state index is -0.506. The van der Waals surface area contributed by atoms with Gasteiger partial charge in [0.25, 0.3) is 0 Å². The van der Waals surface area contributed by atoms with Crippen LogP contribution in [0, 0.1) is 5.92 Å². The lowest BCUT2D eigenvalue weighted by atomic mass is 9.95. The SMILES string of the molecule is CC(CC=[N+]1CCOCC1)CCCC(C)(C)O. The molecule has 3 nitrogen and oxygen atoms in total. The Kier molecular flexibility index (Phi) is 6.14. The quantitative estimate of drug-likeness (QED) is 0.723. The molecule has 17 heavy (non-hydrogen) atoms. The first-order valence-corrected chi connectivity index (χ1v) is 6.85. The molecule has 0 saturated carbocycles. The second-order valence-corrected chi connectivity index (χ2v) is 5.88. The second kappa shape index (κ2) is 7.12. The van der Waals surface area contributed by atoms with Crippen LogP contribution >= 0.6 is 0 Å². The third kappa shape index (κ3) is 7.50. The van der Waals surface area contributed by atoms with Crippen LogP contribution in [0.4, 0.5) is 0 Å². The standard InChI is InChI=1S/C14H28NO2/c1-13(5-4-7-14(2,3)16)6-8-15-9-11-17-12-10-15/h8,13,16H,4-7,9-12H2,1-3H3/q+1. The molecule has 0 aliphatic carbocycles. The molecule has 0 spiro atoms. The minimum Gasteiger partial charge on any atom is -0.390 e. The number of aliphatic hydroxyl groups is 1. The first kappa shape index (κ1) is 14.7. The summed E-state index contributed by atoms with van der Waals surface area (Å²) < 4.78 is 7.69. The number of morpholine rings is 1. The van der Waals surface area contributed by atoms with E-state index < -0.39 is 5.60 Å². The highest BCUT2D eigenvalue weighted by Gasteiger charge is 2.14. The van der Waals surface area contributed by atoms with E-state index in [1.165, 1.54) is 6.42 Å². The summed E-state index contributed by atoms with van der Waals surface area (Å²) >= 11 is 0. The number of nitrogens with zero attached hydrogens (tertiary/aromatic N) is 1. The van der Waals surface area contributed by atoms with Crippen LogP contribution < -0.4 is 0 Å². The third-order valence-corrected chi connectivity index (χ3v) is 3.30. The fourth-order valence-corrected chi connectivity index (χ4v) is 2.09. The van der Waals surface area contributed by atoms with E-state index in [0.717, 1.165) is 45.6 Å². The summed E-state index contributed by atoms with van der Waals surface area (Å²) in [4.78, 5) is 0. The molecule has 1 aliphatic heterocycles. The van der Waals surface area contributed by atoms with Crippen molar-refractivity contribution in [3.8, 4) is 0 Å². The minimum absolute atomic E-state index is 0.506. The van der Waals surface area contributed by atoms with Crippen molar-refractivity contribution in [2.75, 3.05) is 26.3 Å². The Hall–Kier alpha value is -0.410. The van der Waals surface area contributed by atoms with Crippen molar-refractivity contribution in [1.82, 2.24) is 0 Å². The zero-order valence-corrected chi connectivity index (χ0v) is 11.6. The summed E-state index contributed by atoms with van der Waals surface area (Å²) in [6, 6.07) is 0. The fourth-order valence-electron chi connectivity index (χ4n) is 2.09. The van der Waals surface area contributed by atoms with Crippen molar-refractivity contribution in [1.29, 1.82) is 0 Å². The molecule has 1 heterocycles. The molecular formula is C14H28NO2+. The average Bonchev–Trinajstić information content (AvgIpc) is 2.26. The molecule has 1 unspecified atom stereocenters. The molecule has 0 radical (unpaired) electrons. The summed E-state index contributed by atoms with van der Waals surface area (Å²) in [6.07, 6.45) is 6.68. The van der Waals surface area contributed by atoms with Gasteiger partial charge in [-0.1, -0.05) is 19.8 Å². The van der Waals surface area contributed by atoms with Gasteiger partial charge < -0.3 is 9.84 Å². The lowest BCUT2D eigenvalue weighted by Gasteiger charge is -2.17. The summed E-state index contributed by atoms with van der Waals surface area (Å²) in [5, 5.41) is 9.63. The first-order valence-electron chi connectivity index (χ1n) is 6.85. The normalized spacial score (nSPS) is 19.2. The maximum absolute atomic E-state index is 9.63. The molecule has 0 aromatic heterocycles. The van der Waals surface area contributed by atoms with E-state index in [0.29, 0.717) is 5.92 Å². The molecule has 3 heteroatoms. The van der Waals surface area contributed by atoms with Crippen LogP contribution in [0.5, 0.6) is 0 Å². The van der Waals surface area contributed by atoms with Gasteiger partial charge >= 0.3 is 0 Å². The van der Waals surface area contributed by atoms with Crippen LogP contribution in [-0.4, -0.2) is 47.8 Å². The number of ether oxygens (including phenoxy) is 1. The Morgan fingerprint density at radius 2 is 2.00 bits per heavy atom. The topological polar surface area (TPSA) is 32.5 Å². The summed E-state index contributed by atoms with van der Waals surface area (Å²) in [5.74, 6) is 0.709. The van der Waals surface area contributed by atoms with E-state index in [-0.39, 0.29) is 0 Å². The van der Waals surface area contributed by atoms with Gasteiger partial charge in [-0.3, -0.25) is 0 Å². The zero-order chi connectivity index (χ0) is 12.7. The van der Waals surface area contributed by atoms with E-state index in [1.54, 1.807) is 0 Å². The molecule has 100 valence electrons. The summed E-state index contributed by atoms with van der Waals surface area (Å²) in [7, 11) is 0. The average molecular weight is 242 g/mol. The van der Waals surface area contributed by atoms with Crippen molar-refractivity contribution in [3.05, 3.63) is 0 Å². The van der Waals surface area contributed by atoms with E-state index in [9.17, 15) is 5.11 Å². The highest BCUT2D eigenvalue weighted by molar-refractivity contribution is 5.51. The van der Waals surface area contributed by atoms with Crippen LogP contribution in [0.3, 0.4) is 0 Å². The molecule has 0 aromatic carbocycles. The Bertz CT molecular complexity index is 235. The highest BCUT2D eigenvalue weighted by atomic mass is 16.5. The Labute approximate surface area is 105 Å². The number of hydrogen-bond donors (Lipinski definition) is 1. The van der Waals surface area contributed by atoms with Crippen molar-refractivity contribution < 1.29 is 14.4 Å². The molecule has 0 amide bonds. The van der Waals surface area contributed by atoms with Gasteiger partial charge in [0.2, 0.25) is 0 Å². The smallest absolute Gasteiger partial charge is 0.165 e. The number of hydrogen-bond acceptors (Lipinski definition) is 2. The van der Waals surface area contributed by atoms with Crippen LogP contribution in [0.15, 0.2) is 0 Å². The number of rotatable bonds is 6. The maximum Gasteiger partial charge on any atom is 0.165 e. The fraction of sp³-hybridized carbons (Fsp3) is 0.929. The molecule has 1 saturated heterocycles. The monoisotopic (exact) mass is 242 g/mol. The summed E-state index contributed by atoms with van der Waals surface area (Å²) in [5.41, 5.74) is -0.506. The van der Waals surface area contributed by atoms with Crippen molar-refractivity contribution in [2.45, 2.75) is 52.1 Å². The molecule has 1 atom stereocenters. The van der Waals surface area contributed by atoms with E-state index >= 15 is 0 Å². The van der Waals surface area contributed by atoms with E-state index in [4.69, 9.17) is 4.74 Å². The molecule has 0 bridgehead atoms. The van der Waals surface area contributed by atoms with Crippen LogP contribution in [-0.2, 0) is 4.74 Å². The second-order valence-electron chi connectivity index (χ2n) is 5.88.